The minimum Gasteiger partial charge on any atom is -0.480 e. The van der Waals surface area contributed by atoms with Crippen molar-refractivity contribution in [3.8, 4) is 5.95 Å². The molecule has 0 atom stereocenters. The van der Waals surface area contributed by atoms with Crippen LogP contribution in [0.5, 0.6) is 5.95 Å². The second-order valence-corrected chi connectivity index (χ2v) is 3.41. The predicted octanol–water partition coefficient (Wildman–Crippen LogP) is 1.71. The molecular formula is C10H10O4. The summed E-state index contributed by atoms with van der Waals surface area (Å²) in [5.41, 5.74) is 0.339. The molecule has 0 saturated carbocycles. The lowest BCUT2D eigenvalue weighted by Crippen LogP contribution is -2.11. The van der Waals surface area contributed by atoms with E-state index in [2.05, 4.69) is 0 Å². The van der Waals surface area contributed by atoms with E-state index >= 15 is 0 Å². The Kier molecular flexibility index (Phi) is 1.91. The van der Waals surface area contributed by atoms with Gasteiger partial charge in [-0.3, -0.25) is 9.59 Å². The summed E-state index contributed by atoms with van der Waals surface area (Å²) >= 11 is 0. The van der Waals surface area contributed by atoms with Gasteiger partial charge in [0.15, 0.2) is 11.6 Å². The minimum absolute atomic E-state index is 0.0460. The van der Waals surface area contributed by atoms with Crippen molar-refractivity contribution in [2.45, 2.75) is 26.2 Å². The Hall–Kier alpha value is -1.58. The number of hydrogen-bond donors (Lipinski definition) is 1. The Morgan fingerprint density at radius 1 is 1.43 bits per heavy atom. The molecule has 1 N–H and O–H groups in total. The topological polar surface area (TPSA) is 67.5 Å². The predicted molar refractivity (Wildman–Crippen MR) is 47.6 cm³/mol. The standard InChI is InChI=1S/C10H10O4/c1-5(11)8-9-6(12)3-2-4-7(9)14-10(8)13/h13H,2-4H2,1H3. The molecule has 74 valence electrons. The average molecular weight is 194 g/mol. The summed E-state index contributed by atoms with van der Waals surface area (Å²) in [4.78, 5) is 22.7. The first-order valence-corrected chi connectivity index (χ1v) is 4.50. The van der Waals surface area contributed by atoms with Gasteiger partial charge >= 0.3 is 0 Å². The lowest BCUT2D eigenvalue weighted by molar-refractivity contribution is 0.0952. The van der Waals surface area contributed by atoms with Crippen molar-refractivity contribution in [2.24, 2.45) is 0 Å². The summed E-state index contributed by atoms with van der Waals surface area (Å²) in [5.74, 6) is -0.412. The van der Waals surface area contributed by atoms with Crippen molar-refractivity contribution < 1.29 is 19.1 Å². The van der Waals surface area contributed by atoms with E-state index in [0.717, 1.165) is 6.42 Å². The van der Waals surface area contributed by atoms with Crippen LogP contribution in [0.3, 0.4) is 0 Å². The maximum absolute atomic E-state index is 11.5. The van der Waals surface area contributed by atoms with Gasteiger partial charge in [-0.2, -0.15) is 0 Å². The molecule has 0 aliphatic heterocycles. The minimum atomic E-state index is -0.419. The molecule has 4 nitrogen and oxygen atoms in total. The number of carbonyl (C=O) groups is 2. The summed E-state index contributed by atoms with van der Waals surface area (Å²) in [6, 6.07) is 0. The van der Waals surface area contributed by atoms with Crippen molar-refractivity contribution in [2.75, 3.05) is 0 Å². The van der Waals surface area contributed by atoms with Gasteiger partial charge in [-0.05, 0) is 13.3 Å². The second-order valence-electron chi connectivity index (χ2n) is 3.41. The van der Waals surface area contributed by atoms with Crippen LogP contribution in [0.25, 0.3) is 0 Å². The molecule has 0 bridgehead atoms. The molecule has 14 heavy (non-hydrogen) atoms. The molecule has 4 heteroatoms. The SMILES string of the molecule is CC(=O)c1c(O)oc2c1C(=O)CCC2. The van der Waals surface area contributed by atoms with Gasteiger partial charge < -0.3 is 9.52 Å². The summed E-state index contributed by atoms with van der Waals surface area (Å²) in [6.07, 6.45) is 1.75. The fourth-order valence-corrected chi connectivity index (χ4v) is 1.80. The number of fused-ring (bicyclic) bond motifs is 1. The molecule has 2 rings (SSSR count). The van der Waals surface area contributed by atoms with Crippen LogP contribution < -0.4 is 0 Å². The van der Waals surface area contributed by atoms with Crippen LogP contribution in [0.1, 0.15) is 46.2 Å². The Balaban J connectivity index is 2.65. The van der Waals surface area contributed by atoms with E-state index in [1.165, 1.54) is 6.92 Å². The van der Waals surface area contributed by atoms with E-state index in [0.29, 0.717) is 24.2 Å². The maximum atomic E-state index is 11.5. The van der Waals surface area contributed by atoms with E-state index in [4.69, 9.17) is 4.42 Å². The van der Waals surface area contributed by atoms with Crippen molar-refractivity contribution in [3.05, 3.63) is 16.9 Å². The third-order valence-electron chi connectivity index (χ3n) is 2.40. The van der Waals surface area contributed by atoms with Crippen LogP contribution in [0, 0.1) is 0 Å². The zero-order valence-corrected chi connectivity index (χ0v) is 7.79. The number of Topliss-reactive ketones (excluding diaryl/α,β-unsaturated/α-hetero) is 2. The zero-order valence-electron chi connectivity index (χ0n) is 7.79. The largest absolute Gasteiger partial charge is 0.480 e. The van der Waals surface area contributed by atoms with Crippen LogP contribution in [0.15, 0.2) is 4.42 Å². The normalized spacial score (nSPS) is 15.4. The van der Waals surface area contributed by atoms with Gasteiger partial charge in [0.05, 0.1) is 5.56 Å². The molecule has 1 aromatic heterocycles. The first kappa shape index (κ1) is 8.99. The molecule has 1 aliphatic carbocycles. The molecule has 0 spiro atoms. The summed E-state index contributed by atoms with van der Waals surface area (Å²) in [5, 5.41) is 9.35. The molecule has 0 saturated heterocycles. The highest BCUT2D eigenvalue weighted by molar-refractivity contribution is 6.10. The van der Waals surface area contributed by atoms with Gasteiger partial charge in [0.2, 0.25) is 0 Å². The van der Waals surface area contributed by atoms with E-state index in [1.807, 2.05) is 0 Å². The Morgan fingerprint density at radius 2 is 2.14 bits per heavy atom. The maximum Gasteiger partial charge on any atom is 0.294 e. The van der Waals surface area contributed by atoms with Crippen molar-refractivity contribution >= 4 is 11.6 Å². The molecule has 1 aromatic rings. The fourth-order valence-electron chi connectivity index (χ4n) is 1.80. The average Bonchev–Trinajstić information content (AvgIpc) is 2.42. The summed E-state index contributed by atoms with van der Waals surface area (Å²) < 4.78 is 4.98. The number of furan rings is 1. The summed E-state index contributed by atoms with van der Waals surface area (Å²) in [6.45, 7) is 1.31. The highest BCUT2D eigenvalue weighted by Gasteiger charge is 2.30. The number of rotatable bonds is 1. The van der Waals surface area contributed by atoms with Gasteiger partial charge in [-0.25, -0.2) is 0 Å². The quantitative estimate of drug-likeness (QED) is 0.691. The number of carbonyl (C=O) groups excluding carboxylic acids is 2. The second kappa shape index (κ2) is 2.97. The van der Waals surface area contributed by atoms with E-state index in [1.54, 1.807) is 0 Å². The van der Waals surface area contributed by atoms with E-state index in [9.17, 15) is 14.7 Å². The molecule has 0 aromatic carbocycles. The lowest BCUT2D eigenvalue weighted by Gasteiger charge is -2.07. The van der Waals surface area contributed by atoms with Gasteiger partial charge in [0.1, 0.15) is 11.3 Å². The fraction of sp³-hybridized carbons (Fsp3) is 0.400. The molecule has 0 unspecified atom stereocenters. The Labute approximate surface area is 80.5 Å². The Bertz CT molecular complexity index is 414. The van der Waals surface area contributed by atoms with Gasteiger partial charge in [0, 0.05) is 12.8 Å². The molecule has 0 amide bonds. The number of aryl methyl sites for hydroxylation is 1. The first-order chi connectivity index (χ1) is 6.61. The highest BCUT2D eigenvalue weighted by atomic mass is 16.5. The van der Waals surface area contributed by atoms with Crippen molar-refractivity contribution in [1.82, 2.24) is 0 Å². The van der Waals surface area contributed by atoms with E-state index in [-0.39, 0.29) is 17.1 Å². The van der Waals surface area contributed by atoms with Gasteiger partial charge in [-0.15, -0.1) is 0 Å². The van der Waals surface area contributed by atoms with Crippen LogP contribution in [-0.4, -0.2) is 16.7 Å². The first-order valence-electron chi connectivity index (χ1n) is 4.50. The monoisotopic (exact) mass is 194 g/mol. The van der Waals surface area contributed by atoms with E-state index < -0.39 is 5.95 Å². The molecule has 1 heterocycles. The Morgan fingerprint density at radius 3 is 2.79 bits per heavy atom. The van der Waals surface area contributed by atoms with Gasteiger partial charge in [0.25, 0.3) is 5.95 Å². The third-order valence-corrected chi connectivity index (χ3v) is 2.40. The van der Waals surface area contributed by atoms with Crippen molar-refractivity contribution in [1.29, 1.82) is 0 Å². The van der Waals surface area contributed by atoms with Crippen LogP contribution in [-0.2, 0) is 6.42 Å². The zero-order chi connectivity index (χ0) is 10.3. The van der Waals surface area contributed by atoms with Crippen LogP contribution in [0.4, 0.5) is 0 Å². The number of aromatic hydroxyl groups is 1. The van der Waals surface area contributed by atoms with Crippen LogP contribution >= 0.6 is 0 Å². The van der Waals surface area contributed by atoms with Crippen LogP contribution in [0.2, 0.25) is 0 Å². The third kappa shape index (κ3) is 1.14. The number of hydrogen-bond acceptors (Lipinski definition) is 4. The van der Waals surface area contributed by atoms with Crippen molar-refractivity contribution in [3.63, 3.8) is 0 Å². The highest BCUT2D eigenvalue weighted by Crippen LogP contribution is 2.33. The molecule has 0 fully saturated rings. The summed E-state index contributed by atoms with van der Waals surface area (Å²) in [7, 11) is 0. The smallest absolute Gasteiger partial charge is 0.294 e. The molecule has 1 aliphatic rings. The lowest BCUT2D eigenvalue weighted by atomic mass is 9.93. The van der Waals surface area contributed by atoms with Gasteiger partial charge in [-0.1, -0.05) is 0 Å². The number of ketones is 2. The molecular weight excluding hydrogens is 184 g/mol. The molecule has 0 radical (unpaired) electrons.